The van der Waals surface area contributed by atoms with Crippen LogP contribution in [0.2, 0.25) is 0 Å². The Labute approximate surface area is 362 Å². The molecule has 17 nitrogen and oxygen atoms in total. The number of thiazole rings is 1. The zero-order chi connectivity index (χ0) is 43.9. The smallest absolute Gasteiger partial charge is 0.255 e. The Morgan fingerprint density at radius 3 is 2.32 bits per heavy atom. The third kappa shape index (κ3) is 10.4. The normalized spacial score (nSPS) is 15.6. The summed E-state index contributed by atoms with van der Waals surface area (Å²) in [6.07, 6.45) is 2.06. The molecule has 1 saturated heterocycles. The number of nitrogens with one attached hydrogen (secondary N) is 3. The SMILES string of the molecule is CC(C)(C)S(=O)(=O)c1cc2c(Nc3ccc4scnc4c3)ccnc2cc1OCCOCCOCCOCCOCC(=O)Nc1cccc2c1CN(C1CCC(=O)NC1=O)C2=O. The minimum atomic E-state index is -3.82. The van der Waals surface area contributed by atoms with Crippen LogP contribution in [0.25, 0.3) is 21.1 Å². The second kappa shape index (κ2) is 19.6. The molecule has 7 rings (SSSR count). The van der Waals surface area contributed by atoms with E-state index in [0.29, 0.717) is 53.2 Å². The van der Waals surface area contributed by atoms with Gasteiger partial charge in [-0.1, -0.05) is 6.07 Å². The molecule has 1 unspecified atom stereocenters. The Bertz CT molecular complexity index is 2580. The highest BCUT2D eigenvalue weighted by molar-refractivity contribution is 7.92. The van der Waals surface area contributed by atoms with Crippen LogP contribution in [0.1, 0.15) is 49.5 Å². The summed E-state index contributed by atoms with van der Waals surface area (Å²) in [6, 6.07) is 15.2. The molecule has 3 aromatic carbocycles. The lowest BCUT2D eigenvalue weighted by atomic mass is 10.0. The summed E-state index contributed by atoms with van der Waals surface area (Å²) in [5.74, 6) is -1.40. The van der Waals surface area contributed by atoms with Gasteiger partial charge in [0.2, 0.25) is 17.7 Å². The van der Waals surface area contributed by atoms with Gasteiger partial charge in [-0.2, -0.15) is 0 Å². The number of carbonyl (C=O) groups is 4. The van der Waals surface area contributed by atoms with E-state index in [9.17, 15) is 27.6 Å². The third-order valence-corrected chi connectivity index (χ3v) is 13.5. The largest absolute Gasteiger partial charge is 0.490 e. The maximum atomic E-state index is 13.8. The molecule has 1 fully saturated rings. The quantitative estimate of drug-likeness (QED) is 0.0693. The molecule has 1 atom stereocenters. The Morgan fingerprint density at radius 1 is 0.871 bits per heavy atom. The second-order valence-corrected chi connectivity index (χ2v) is 19.0. The number of ether oxygens (including phenoxy) is 5. The summed E-state index contributed by atoms with van der Waals surface area (Å²) < 4.78 is 55.8. The van der Waals surface area contributed by atoms with Crippen LogP contribution in [-0.2, 0) is 49.7 Å². The summed E-state index contributed by atoms with van der Waals surface area (Å²) >= 11 is 1.56. The summed E-state index contributed by atoms with van der Waals surface area (Å²) in [6.45, 7) is 6.74. The maximum Gasteiger partial charge on any atom is 0.255 e. The molecule has 19 heteroatoms. The molecule has 3 N–H and O–H groups in total. The molecular weight excluding hydrogens is 841 g/mol. The minimum Gasteiger partial charge on any atom is -0.490 e. The number of rotatable bonds is 20. The van der Waals surface area contributed by atoms with Gasteiger partial charge in [0.15, 0.2) is 9.84 Å². The lowest BCUT2D eigenvalue weighted by molar-refractivity contribution is -0.137. The molecule has 62 heavy (non-hydrogen) atoms. The fourth-order valence-corrected chi connectivity index (χ4v) is 8.90. The number of nitrogens with zero attached hydrogens (tertiary/aromatic N) is 3. The first-order valence-corrected chi connectivity index (χ1v) is 22.4. The number of imide groups is 1. The predicted molar refractivity (Wildman–Crippen MR) is 231 cm³/mol. The molecule has 2 aliphatic heterocycles. The minimum absolute atomic E-state index is 0.0657. The first-order valence-electron chi connectivity index (χ1n) is 20.1. The maximum absolute atomic E-state index is 13.8. The Hall–Kier alpha value is -5.57. The predicted octanol–water partition coefficient (Wildman–Crippen LogP) is 5.01. The zero-order valence-corrected chi connectivity index (χ0v) is 36.2. The van der Waals surface area contributed by atoms with Crippen LogP contribution in [0.15, 0.2) is 71.2 Å². The van der Waals surface area contributed by atoms with E-state index < -0.39 is 32.4 Å². The lowest BCUT2D eigenvalue weighted by Crippen LogP contribution is -2.52. The van der Waals surface area contributed by atoms with E-state index in [1.54, 1.807) is 80.2 Å². The van der Waals surface area contributed by atoms with Crippen molar-refractivity contribution in [2.24, 2.45) is 0 Å². The van der Waals surface area contributed by atoms with E-state index in [1.165, 1.54) is 4.90 Å². The lowest BCUT2D eigenvalue weighted by Gasteiger charge is -2.29. The molecule has 5 aromatic rings. The van der Waals surface area contributed by atoms with E-state index in [2.05, 4.69) is 25.9 Å². The van der Waals surface area contributed by atoms with Gasteiger partial charge in [0.05, 0.1) is 72.2 Å². The fraction of sp³-hybridized carbons (Fsp3) is 0.395. The summed E-state index contributed by atoms with van der Waals surface area (Å²) in [5, 5.41) is 9.09. The van der Waals surface area contributed by atoms with Gasteiger partial charge in [0.25, 0.3) is 5.91 Å². The van der Waals surface area contributed by atoms with Gasteiger partial charge < -0.3 is 39.2 Å². The number of amides is 4. The van der Waals surface area contributed by atoms with Crippen molar-refractivity contribution in [3.8, 4) is 5.75 Å². The first kappa shape index (κ1) is 44.5. The molecule has 0 bridgehead atoms. The van der Waals surface area contributed by atoms with E-state index in [-0.39, 0.29) is 81.5 Å². The molecule has 4 amide bonds. The van der Waals surface area contributed by atoms with Crippen LogP contribution >= 0.6 is 11.3 Å². The van der Waals surface area contributed by atoms with Crippen molar-refractivity contribution in [1.82, 2.24) is 20.2 Å². The van der Waals surface area contributed by atoms with Gasteiger partial charge in [-0.05, 0) is 69.7 Å². The highest BCUT2D eigenvalue weighted by Crippen LogP contribution is 2.38. The Morgan fingerprint density at radius 2 is 1.60 bits per heavy atom. The van der Waals surface area contributed by atoms with Gasteiger partial charge in [-0.15, -0.1) is 11.3 Å². The van der Waals surface area contributed by atoms with Crippen LogP contribution in [-0.4, -0.2) is 117 Å². The molecule has 2 aromatic heterocycles. The van der Waals surface area contributed by atoms with E-state index in [1.807, 2.05) is 18.2 Å². The van der Waals surface area contributed by atoms with Crippen LogP contribution < -0.4 is 20.7 Å². The molecule has 0 aliphatic carbocycles. The van der Waals surface area contributed by atoms with E-state index in [0.717, 1.165) is 15.9 Å². The van der Waals surface area contributed by atoms with Gasteiger partial charge >= 0.3 is 0 Å². The van der Waals surface area contributed by atoms with Crippen LogP contribution in [0.5, 0.6) is 5.75 Å². The number of piperidine rings is 1. The van der Waals surface area contributed by atoms with Gasteiger partial charge in [-0.3, -0.25) is 29.5 Å². The number of anilines is 3. The summed E-state index contributed by atoms with van der Waals surface area (Å²) in [7, 11) is -3.82. The number of fused-ring (bicyclic) bond motifs is 3. The first-order chi connectivity index (χ1) is 29.8. The van der Waals surface area contributed by atoms with Crippen molar-refractivity contribution in [1.29, 1.82) is 0 Å². The average molecular weight is 889 g/mol. The van der Waals surface area contributed by atoms with Crippen LogP contribution in [0.4, 0.5) is 17.1 Å². The van der Waals surface area contributed by atoms with Gasteiger partial charge in [-0.25, -0.2) is 13.4 Å². The number of hydrogen-bond donors (Lipinski definition) is 3. The van der Waals surface area contributed by atoms with Crippen molar-refractivity contribution in [2.45, 2.75) is 55.8 Å². The van der Waals surface area contributed by atoms with E-state index in [4.69, 9.17) is 23.7 Å². The molecule has 4 heterocycles. The van der Waals surface area contributed by atoms with Crippen molar-refractivity contribution in [2.75, 3.05) is 70.1 Å². The van der Waals surface area contributed by atoms with Crippen LogP contribution in [0, 0.1) is 0 Å². The van der Waals surface area contributed by atoms with Crippen molar-refractivity contribution < 1.29 is 51.3 Å². The number of hydrogen-bond acceptors (Lipinski definition) is 15. The standard InChI is InChI=1S/C43H48N6O11S2/c1-43(2,3)62(54,55)38-22-29-32(46-27-7-9-37-34(21-27)45-26-61-37)11-12-44-33(29)23-36(38)60-20-19-58-16-15-56-13-14-57-17-18-59-25-40(51)47-31-6-4-5-28-30(31)24-49(42(28)53)35-8-10-39(50)48-41(35)52/h4-7,9,11-12,21-23,26,35H,8,10,13-20,24-25H2,1-3H3,(H,44,46)(H,47,51)(H,48,50,52). The van der Waals surface area contributed by atoms with Crippen molar-refractivity contribution >= 4 is 83.0 Å². The van der Waals surface area contributed by atoms with Crippen molar-refractivity contribution in [3.05, 3.63) is 77.4 Å². The topological polar surface area (TPSA) is 214 Å². The number of aromatic nitrogens is 2. The monoisotopic (exact) mass is 888 g/mol. The van der Waals surface area contributed by atoms with E-state index >= 15 is 0 Å². The zero-order valence-electron chi connectivity index (χ0n) is 34.6. The molecule has 2 aliphatic rings. The second-order valence-electron chi connectivity index (χ2n) is 15.5. The number of sulfone groups is 1. The number of pyridine rings is 1. The molecule has 0 spiro atoms. The average Bonchev–Trinajstić information content (AvgIpc) is 3.84. The number of benzene rings is 3. The molecule has 0 saturated carbocycles. The summed E-state index contributed by atoms with van der Waals surface area (Å²) in [4.78, 5) is 60.0. The summed E-state index contributed by atoms with van der Waals surface area (Å²) in [5.41, 5.74) is 6.19. The Kier molecular flexibility index (Phi) is 14.1. The molecule has 328 valence electrons. The van der Waals surface area contributed by atoms with Gasteiger partial charge in [0, 0.05) is 58.8 Å². The molecular formula is C43H48N6O11S2. The van der Waals surface area contributed by atoms with Crippen molar-refractivity contribution in [3.63, 3.8) is 0 Å². The fourth-order valence-electron chi connectivity index (χ4n) is 6.93. The Balaban J connectivity index is 0.785. The molecule has 0 radical (unpaired) electrons. The van der Waals surface area contributed by atoms with Gasteiger partial charge in [0.1, 0.15) is 29.9 Å². The number of carbonyl (C=O) groups excluding carboxylic acids is 4. The third-order valence-electron chi connectivity index (χ3n) is 10.2. The highest BCUT2D eigenvalue weighted by Gasteiger charge is 2.40. The highest BCUT2D eigenvalue weighted by atomic mass is 32.2. The van der Waals surface area contributed by atoms with Crippen LogP contribution in [0.3, 0.4) is 0 Å².